The highest BCUT2D eigenvalue weighted by Gasteiger charge is 2.30. The van der Waals surface area contributed by atoms with Crippen molar-refractivity contribution in [3.05, 3.63) is 15.6 Å². The van der Waals surface area contributed by atoms with E-state index in [1.54, 1.807) is 11.3 Å². The standard InChI is InChI=1S/C18H29N5O2S/c1-13-16(26-14(2)21-13)12-20-18(19-3)23-6-4-15(5-7-23)17(24)22-8-10-25-11-9-22/h15H,4-12H2,1-3H3,(H,19,20). The van der Waals surface area contributed by atoms with Gasteiger partial charge in [0, 0.05) is 44.0 Å². The summed E-state index contributed by atoms with van der Waals surface area (Å²) in [4.78, 5) is 27.0. The number of aliphatic imine (C=N–C) groups is 1. The Morgan fingerprint density at radius 1 is 1.23 bits per heavy atom. The van der Waals surface area contributed by atoms with Crippen LogP contribution in [0.1, 0.15) is 28.4 Å². The average molecular weight is 380 g/mol. The van der Waals surface area contributed by atoms with E-state index in [0.717, 1.165) is 62.2 Å². The zero-order chi connectivity index (χ0) is 18.5. The number of morpholine rings is 1. The molecule has 1 amide bonds. The largest absolute Gasteiger partial charge is 0.378 e. The van der Waals surface area contributed by atoms with E-state index in [1.807, 2.05) is 25.8 Å². The summed E-state index contributed by atoms with van der Waals surface area (Å²) in [6, 6.07) is 0. The molecular weight excluding hydrogens is 350 g/mol. The van der Waals surface area contributed by atoms with Crippen LogP contribution in [0, 0.1) is 19.8 Å². The van der Waals surface area contributed by atoms with Gasteiger partial charge in [0.25, 0.3) is 0 Å². The zero-order valence-corrected chi connectivity index (χ0v) is 16.8. The number of rotatable bonds is 3. The van der Waals surface area contributed by atoms with Gasteiger partial charge in [-0.05, 0) is 26.7 Å². The minimum atomic E-state index is 0.133. The highest BCUT2D eigenvalue weighted by atomic mass is 32.1. The number of carbonyl (C=O) groups is 1. The van der Waals surface area contributed by atoms with E-state index in [2.05, 4.69) is 20.2 Å². The number of aryl methyl sites for hydroxylation is 2. The molecular formula is C18H29N5O2S. The lowest BCUT2D eigenvalue weighted by Gasteiger charge is -2.36. The molecule has 0 spiro atoms. The number of ether oxygens (including phenoxy) is 1. The minimum Gasteiger partial charge on any atom is -0.378 e. The Labute approximate surface area is 159 Å². The predicted molar refractivity (Wildman–Crippen MR) is 103 cm³/mol. The van der Waals surface area contributed by atoms with Crippen LogP contribution in [0.25, 0.3) is 0 Å². The van der Waals surface area contributed by atoms with Crippen molar-refractivity contribution in [2.75, 3.05) is 46.4 Å². The first-order valence-corrected chi connectivity index (χ1v) is 10.1. The minimum absolute atomic E-state index is 0.133. The second-order valence-corrected chi connectivity index (χ2v) is 8.13. The lowest BCUT2D eigenvalue weighted by Crippen LogP contribution is -2.49. The SMILES string of the molecule is CN=C(NCc1sc(C)nc1C)N1CCC(C(=O)N2CCOCC2)CC1. The lowest BCUT2D eigenvalue weighted by molar-refractivity contribution is -0.140. The Morgan fingerprint density at radius 3 is 2.50 bits per heavy atom. The Hall–Kier alpha value is -1.67. The molecule has 26 heavy (non-hydrogen) atoms. The van der Waals surface area contributed by atoms with Gasteiger partial charge in [0.15, 0.2) is 5.96 Å². The third kappa shape index (κ3) is 4.54. The summed E-state index contributed by atoms with van der Waals surface area (Å²) in [5.74, 6) is 1.34. The number of carbonyl (C=O) groups excluding carboxylic acids is 1. The Morgan fingerprint density at radius 2 is 1.92 bits per heavy atom. The number of nitrogens with one attached hydrogen (secondary N) is 1. The molecule has 2 saturated heterocycles. The van der Waals surface area contributed by atoms with Gasteiger partial charge >= 0.3 is 0 Å². The van der Waals surface area contributed by atoms with Crippen molar-refractivity contribution in [2.24, 2.45) is 10.9 Å². The van der Waals surface area contributed by atoms with Crippen LogP contribution in [0.2, 0.25) is 0 Å². The molecule has 1 aromatic rings. The summed E-state index contributed by atoms with van der Waals surface area (Å²) in [6.45, 7) is 9.35. The van der Waals surface area contributed by atoms with Crippen LogP contribution in [0.15, 0.2) is 4.99 Å². The normalized spacial score (nSPS) is 19.7. The van der Waals surface area contributed by atoms with Crippen molar-refractivity contribution >= 4 is 23.2 Å². The maximum absolute atomic E-state index is 12.7. The fourth-order valence-electron chi connectivity index (χ4n) is 3.61. The molecule has 2 aliphatic heterocycles. The van der Waals surface area contributed by atoms with Crippen molar-refractivity contribution in [1.29, 1.82) is 0 Å². The van der Waals surface area contributed by atoms with Gasteiger partial charge in [-0.1, -0.05) is 0 Å². The van der Waals surface area contributed by atoms with E-state index in [9.17, 15) is 4.79 Å². The predicted octanol–water partition coefficient (Wildman–Crippen LogP) is 1.41. The van der Waals surface area contributed by atoms with Gasteiger partial charge in [0.05, 0.1) is 30.5 Å². The third-order valence-corrected chi connectivity index (χ3v) is 6.16. The molecule has 3 heterocycles. The first-order chi connectivity index (χ1) is 12.6. The van der Waals surface area contributed by atoms with Crippen LogP contribution in [-0.4, -0.2) is 73.1 Å². The number of piperidine rings is 1. The van der Waals surface area contributed by atoms with Gasteiger partial charge in [0.2, 0.25) is 5.91 Å². The van der Waals surface area contributed by atoms with E-state index in [0.29, 0.717) is 19.1 Å². The number of guanidine groups is 1. The molecule has 3 rings (SSSR count). The maximum atomic E-state index is 12.7. The molecule has 1 N–H and O–H groups in total. The summed E-state index contributed by atoms with van der Waals surface area (Å²) in [7, 11) is 1.82. The molecule has 2 fully saturated rings. The van der Waals surface area contributed by atoms with Crippen LogP contribution >= 0.6 is 11.3 Å². The van der Waals surface area contributed by atoms with E-state index in [4.69, 9.17) is 4.74 Å². The molecule has 0 atom stereocenters. The fraction of sp³-hybridized carbons (Fsp3) is 0.722. The van der Waals surface area contributed by atoms with Crippen LogP contribution < -0.4 is 5.32 Å². The molecule has 8 heteroatoms. The highest BCUT2D eigenvalue weighted by molar-refractivity contribution is 7.11. The summed E-state index contributed by atoms with van der Waals surface area (Å²) in [5, 5.41) is 4.55. The van der Waals surface area contributed by atoms with Crippen molar-refractivity contribution in [1.82, 2.24) is 20.1 Å². The molecule has 0 aromatic carbocycles. The van der Waals surface area contributed by atoms with E-state index >= 15 is 0 Å². The first-order valence-electron chi connectivity index (χ1n) is 9.33. The smallest absolute Gasteiger partial charge is 0.225 e. The summed E-state index contributed by atoms with van der Waals surface area (Å²) < 4.78 is 5.34. The highest BCUT2D eigenvalue weighted by Crippen LogP contribution is 2.21. The van der Waals surface area contributed by atoms with E-state index < -0.39 is 0 Å². The molecule has 2 aliphatic rings. The summed E-state index contributed by atoms with van der Waals surface area (Å²) >= 11 is 1.73. The first kappa shape index (κ1) is 19.1. The molecule has 7 nitrogen and oxygen atoms in total. The molecule has 144 valence electrons. The van der Waals surface area contributed by atoms with Gasteiger partial charge in [-0.2, -0.15) is 0 Å². The third-order valence-electron chi connectivity index (χ3n) is 5.08. The summed E-state index contributed by atoms with van der Waals surface area (Å²) in [6.07, 6.45) is 1.77. The van der Waals surface area contributed by atoms with Crippen LogP contribution in [-0.2, 0) is 16.1 Å². The molecule has 1 aromatic heterocycles. The van der Waals surface area contributed by atoms with E-state index in [1.165, 1.54) is 4.88 Å². The number of amides is 1. The Balaban J connectivity index is 1.49. The van der Waals surface area contributed by atoms with Crippen molar-refractivity contribution in [2.45, 2.75) is 33.2 Å². The van der Waals surface area contributed by atoms with Crippen LogP contribution in [0.3, 0.4) is 0 Å². The zero-order valence-electron chi connectivity index (χ0n) is 16.0. The number of hydrogen-bond donors (Lipinski definition) is 1. The second-order valence-electron chi connectivity index (χ2n) is 6.84. The molecule has 0 bridgehead atoms. The molecule has 0 aliphatic carbocycles. The van der Waals surface area contributed by atoms with Gasteiger partial charge in [-0.25, -0.2) is 4.98 Å². The van der Waals surface area contributed by atoms with Gasteiger partial charge in [0.1, 0.15) is 0 Å². The summed E-state index contributed by atoms with van der Waals surface area (Å²) in [5.41, 5.74) is 1.09. The number of nitrogens with zero attached hydrogens (tertiary/aromatic N) is 4. The topological polar surface area (TPSA) is 70.1 Å². The monoisotopic (exact) mass is 379 g/mol. The van der Waals surface area contributed by atoms with Crippen molar-refractivity contribution < 1.29 is 9.53 Å². The van der Waals surface area contributed by atoms with Crippen LogP contribution in [0.4, 0.5) is 0 Å². The van der Waals surface area contributed by atoms with Gasteiger partial charge in [-0.3, -0.25) is 9.79 Å². The van der Waals surface area contributed by atoms with Gasteiger partial charge in [-0.15, -0.1) is 11.3 Å². The number of thiazole rings is 1. The second kappa shape index (κ2) is 8.81. The van der Waals surface area contributed by atoms with E-state index in [-0.39, 0.29) is 5.92 Å². The van der Waals surface area contributed by atoms with Crippen LogP contribution in [0.5, 0.6) is 0 Å². The average Bonchev–Trinajstić information content (AvgIpc) is 3.00. The molecule has 0 radical (unpaired) electrons. The van der Waals surface area contributed by atoms with Crippen molar-refractivity contribution in [3.8, 4) is 0 Å². The quantitative estimate of drug-likeness (QED) is 0.635. The maximum Gasteiger partial charge on any atom is 0.225 e. The Bertz CT molecular complexity index is 646. The lowest BCUT2D eigenvalue weighted by atomic mass is 9.95. The fourth-order valence-corrected chi connectivity index (χ4v) is 4.49. The van der Waals surface area contributed by atoms with Crippen molar-refractivity contribution in [3.63, 3.8) is 0 Å². The number of likely N-dealkylation sites (tertiary alicyclic amines) is 1. The van der Waals surface area contributed by atoms with Gasteiger partial charge < -0.3 is 19.9 Å². The number of hydrogen-bond acceptors (Lipinski definition) is 5. The molecule has 0 saturated carbocycles. The number of aromatic nitrogens is 1. The molecule has 0 unspecified atom stereocenters. The Kier molecular flexibility index (Phi) is 6.48.